The summed E-state index contributed by atoms with van der Waals surface area (Å²) < 4.78 is 23.1. The predicted octanol–water partition coefficient (Wildman–Crippen LogP) is 5.03. The number of hydrogen-bond donors (Lipinski definition) is 0. The van der Waals surface area contributed by atoms with Crippen LogP contribution in [0.4, 0.5) is 0 Å². The van der Waals surface area contributed by atoms with Gasteiger partial charge in [0.2, 0.25) is 5.12 Å². The van der Waals surface area contributed by atoms with E-state index in [4.69, 9.17) is 18.9 Å². The summed E-state index contributed by atoms with van der Waals surface area (Å²) in [7, 11) is 1.39. The van der Waals surface area contributed by atoms with Crippen molar-refractivity contribution >= 4 is 45.7 Å². The first-order valence-electron chi connectivity index (χ1n) is 12.5. The molecule has 5 atom stereocenters. The normalized spacial score (nSPS) is 22.2. The lowest BCUT2D eigenvalue weighted by molar-refractivity contribution is -0.229. The first-order chi connectivity index (χ1) is 19.4. The van der Waals surface area contributed by atoms with Gasteiger partial charge in [0.1, 0.15) is 12.7 Å². The van der Waals surface area contributed by atoms with Crippen molar-refractivity contribution in [1.29, 1.82) is 0 Å². The molecular weight excluding hydrogens is 552 g/mol. The van der Waals surface area contributed by atoms with E-state index in [0.29, 0.717) is 16.7 Å². The molecule has 1 aliphatic heterocycles. The van der Waals surface area contributed by atoms with Gasteiger partial charge in [-0.3, -0.25) is 9.59 Å². The second-order valence-corrected chi connectivity index (χ2v) is 11.3. The first-order valence-corrected chi connectivity index (χ1v) is 14.2. The number of carbonyl (C=O) groups is 4. The van der Waals surface area contributed by atoms with Gasteiger partial charge in [-0.25, -0.2) is 9.59 Å². The van der Waals surface area contributed by atoms with Crippen LogP contribution in [-0.2, 0) is 23.7 Å². The van der Waals surface area contributed by atoms with E-state index in [9.17, 15) is 19.2 Å². The van der Waals surface area contributed by atoms with Gasteiger partial charge in [-0.15, -0.1) is 0 Å². The van der Waals surface area contributed by atoms with Crippen LogP contribution < -0.4 is 0 Å². The van der Waals surface area contributed by atoms with E-state index in [2.05, 4.69) is 0 Å². The summed E-state index contributed by atoms with van der Waals surface area (Å²) in [5.74, 6) is -1.19. The van der Waals surface area contributed by atoms with Crippen molar-refractivity contribution < 1.29 is 38.1 Å². The molecule has 1 saturated heterocycles. The van der Waals surface area contributed by atoms with Crippen LogP contribution in [0.1, 0.15) is 38.0 Å². The van der Waals surface area contributed by atoms with Crippen LogP contribution in [0, 0.1) is 0 Å². The second kappa shape index (κ2) is 14.3. The van der Waals surface area contributed by atoms with Gasteiger partial charge in [-0.2, -0.15) is 0 Å². The van der Waals surface area contributed by atoms with Gasteiger partial charge < -0.3 is 18.9 Å². The number of methoxy groups -OCH3 is 1. The highest BCUT2D eigenvalue weighted by atomic mass is 32.2. The number of rotatable bonds is 9. The lowest BCUT2D eigenvalue weighted by atomic mass is 10.0. The molecule has 1 heterocycles. The van der Waals surface area contributed by atoms with Gasteiger partial charge in [-0.05, 0) is 24.3 Å². The van der Waals surface area contributed by atoms with Crippen molar-refractivity contribution in [1.82, 2.24) is 0 Å². The Morgan fingerprint density at radius 1 is 0.725 bits per heavy atom. The van der Waals surface area contributed by atoms with Crippen molar-refractivity contribution in [2.24, 2.45) is 0 Å². The highest BCUT2D eigenvalue weighted by Crippen LogP contribution is 2.40. The number of ether oxygens (including phenoxy) is 4. The number of hydrogen-bond acceptors (Lipinski definition) is 10. The molecule has 208 valence electrons. The van der Waals surface area contributed by atoms with E-state index in [1.165, 1.54) is 14.0 Å². The number of carbonyl (C=O) groups excluding carboxylic acids is 4. The molecule has 40 heavy (non-hydrogen) atoms. The molecule has 0 aromatic heterocycles. The minimum Gasteiger partial charge on any atom is -0.459 e. The topological polar surface area (TPSA) is 105 Å². The van der Waals surface area contributed by atoms with Gasteiger partial charge in [-0.1, -0.05) is 90.3 Å². The quantitative estimate of drug-likeness (QED) is 0.320. The van der Waals surface area contributed by atoms with Crippen molar-refractivity contribution in [3.63, 3.8) is 0 Å². The van der Waals surface area contributed by atoms with Crippen LogP contribution in [0.5, 0.6) is 0 Å². The van der Waals surface area contributed by atoms with Crippen LogP contribution in [0.3, 0.4) is 0 Å². The van der Waals surface area contributed by atoms with Crippen LogP contribution in [0.15, 0.2) is 91.0 Å². The number of benzene rings is 3. The molecule has 3 aromatic carbocycles. The zero-order valence-electron chi connectivity index (χ0n) is 21.8. The highest BCUT2D eigenvalue weighted by molar-refractivity contribution is 8.17. The molecule has 0 saturated carbocycles. The summed E-state index contributed by atoms with van der Waals surface area (Å²) in [5.41, 5.74) is 1.11. The van der Waals surface area contributed by atoms with E-state index >= 15 is 0 Å². The fourth-order valence-corrected chi connectivity index (χ4v) is 6.59. The Kier molecular flexibility index (Phi) is 10.5. The fourth-order valence-electron chi connectivity index (χ4n) is 4.14. The van der Waals surface area contributed by atoms with Crippen LogP contribution in [-0.4, -0.2) is 64.9 Å². The lowest BCUT2D eigenvalue weighted by Crippen LogP contribution is -2.58. The Labute approximate surface area is 240 Å². The Morgan fingerprint density at radius 3 is 1.77 bits per heavy atom. The van der Waals surface area contributed by atoms with Gasteiger partial charge in [0.05, 0.1) is 21.6 Å². The maximum absolute atomic E-state index is 13.4. The molecule has 8 nitrogen and oxygen atoms in total. The summed E-state index contributed by atoms with van der Waals surface area (Å²) in [5, 5.41) is -2.03. The average molecular weight is 581 g/mol. The molecule has 0 N–H and O–H groups in total. The van der Waals surface area contributed by atoms with Crippen molar-refractivity contribution in [3.05, 3.63) is 108 Å². The zero-order valence-corrected chi connectivity index (χ0v) is 23.5. The van der Waals surface area contributed by atoms with Crippen molar-refractivity contribution in [2.75, 3.05) is 13.7 Å². The Bertz CT molecular complexity index is 1300. The molecule has 3 aromatic rings. The molecule has 0 spiro atoms. The lowest BCUT2D eigenvalue weighted by Gasteiger charge is -2.44. The van der Waals surface area contributed by atoms with Crippen LogP contribution >= 0.6 is 23.5 Å². The predicted molar refractivity (Wildman–Crippen MR) is 152 cm³/mol. The number of esters is 2. The molecule has 0 radical (unpaired) electrons. The summed E-state index contributed by atoms with van der Waals surface area (Å²) in [4.78, 5) is 51.5. The fraction of sp³-hybridized carbons (Fsp3) is 0.267. The third kappa shape index (κ3) is 7.60. The van der Waals surface area contributed by atoms with E-state index in [-0.39, 0.29) is 16.8 Å². The van der Waals surface area contributed by atoms with Gasteiger partial charge in [0.25, 0.3) is 0 Å². The maximum Gasteiger partial charge on any atom is 0.338 e. The van der Waals surface area contributed by atoms with E-state index in [1.54, 1.807) is 91.0 Å². The average Bonchev–Trinajstić information content (AvgIpc) is 2.99. The van der Waals surface area contributed by atoms with E-state index in [1.807, 2.05) is 0 Å². The minimum absolute atomic E-state index is 0.214. The smallest absolute Gasteiger partial charge is 0.338 e. The standard InChI is InChI=1S/C30H28O8S2/c1-19(31)39-25-23(18-36-27(32)20-12-6-3-7-13-20)37-30(35-2)24(38-28(33)21-14-8-4-9-15-21)26(25)40-29(34)22-16-10-5-11-17-22/h3-17,23-26,30H,18H2,1-2H3/t23-,24-,25-,26-,30-/m1/s1. The molecule has 1 aliphatic rings. The van der Waals surface area contributed by atoms with Crippen molar-refractivity contribution in [3.8, 4) is 0 Å². The largest absolute Gasteiger partial charge is 0.459 e. The first kappa shape index (κ1) is 29.5. The van der Waals surface area contributed by atoms with Gasteiger partial charge in [0, 0.05) is 19.6 Å². The number of thioether (sulfide) groups is 2. The highest BCUT2D eigenvalue weighted by Gasteiger charge is 2.51. The molecule has 0 aliphatic carbocycles. The monoisotopic (exact) mass is 580 g/mol. The van der Waals surface area contributed by atoms with E-state index in [0.717, 1.165) is 23.5 Å². The van der Waals surface area contributed by atoms with Crippen molar-refractivity contribution in [2.45, 2.75) is 35.9 Å². The molecule has 0 unspecified atom stereocenters. The molecule has 1 fully saturated rings. The summed E-state index contributed by atoms with van der Waals surface area (Å²) >= 11 is 1.87. The van der Waals surface area contributed by atoms with Crippen LogP contribution in [0.25, 0.3) is 0 Å². The van der Waals surface area contributed by atoms with Crippen LogP contribution in [0.2, 0.25) is 0 Å². The molecule has 0 bridgehead atoms. The molecule has 10 heteroatoms. The SMILES string of the molecule is CO[C@@H]1O[C@H](COC(=O)c2ccccc2)[C@@H](SC(C)=O)[C@H](SC(=O)c2ccccc2)[C@H]1OC(=O)c1ccccc1. The molecule has 4 rings (SSSR count). The minimum atomic E-state index is -1.10. The van der Waals surface area contributed by atoms with Gasteiger partial charge >= 0.3 is 11.9 Å². The summed E-state index contributed by atoms with van der Waals surface area (Å²) in [6.07, 6.45) is -3.01. The summed E-state index contributed by atoms with van der Waals surface area (Å²) in [6.45, 7) is 1.18. The Balaban J connectivity index is 1.64. The molecule has 0 amide bonds. The summed E-state index contributed by atoms with van der Waals surface area (Å²) in [6, 6.07) is 25.5. The third-order valence-electron chi connectivity index (χ3n) is 6.02. The van der Waals surface area contributed by atoms with Gasteiger partial charge in [0.15, 0.2) is 17.5 Å². The second-order valence-electron chi connectivity index (χ2n) is 8.79. The van der Waals surface area contributed by atoms with E-state index < -0.39 is 40.9 Å². The molecular formula is C30H28O8S2. The Morgan fingerprint density at radius 2 is 1.25 bits per heavy atom. The Hall–Kier alpha value is -3.44. The maximum atomic E-state index is 13.4. The zero-order chi connectivity index (χ0) is 28.5. The third-order valence-corrected chi connectivity index (χ3v) is 8.68.